The quantitative estimate of drug-likeness (QED) is 0.490. The van der Waals surface area contributed by atoms with E-state index in [2.05, 4.69) is 0 Å². The van der Waals surface area contributed by atoms with Crippen LogP contribution in [0.1, 0.15) is 21.5 Å². The third-order valence-corrected chi connectivity index (χ3v) is 3.31. The summed E-state index contributed by atoms with van der Waals surface area (Å²) in [5, 5.41) is 10.7. The van der Waals surface area contributed by atoms with E-state index in [1.165, 1.54) is 10.8 Å². The number of nitro groups is 1. The van der Waals surface area contributed by atoms with Gasteiger partial charge in [0.25, 0.3) is 5.43 Å². The summed E-state index contributed by atoms with van der Waals surface area (Å²) in [5.74, 6) is -0.170. The van der Waals surface area contributed by atoms with Crippen LogP contribution in [0.25, 0.3) is 0 Å². The molecule has 2 aromatic rings. The third kappa shape index (κ3) is 3.22. The molecule has 0 radical (unpaired) electrons. The molecule has 0 fully saturated rings. The number of benzene rings is 1. The molecule has 0 aliphatic rings. The largest absolute Gasteiger partial charge is 0.340 e. The highest BCUT2D eigenvalue weighted by Gasteiger charge is 2.13. The van der Waals surface area contributed by atoms with E-state index in [1.54, 1.807) is 12.1 Å². The maximum Gasteiger partial charge on any atom is 0.332 e. The predicted octanol–water partition coefficient (Wildman–Crippen LogP) is 2.26. The number of hydrogen-bond donors (Lipinski definition) is 0. The van der Waals surface area contributed by atoms with Crippen LogP contribution in [0.4, 0.5) is 5.69 Å². The SMILES string of the molecule is Cc1ccc(C(=O)Cn2ccc(=O)c([N+](=O)[O-])c2)cc1C. The van der Waals surface area contributed by atoms with E-state index in [1.807, 2.05) is 19.9 Å². The molecule has 0 amide bonds. The third-order valence-electron chi connectivity index (χ3n) is 3.31. The number of nitrogens with zero attached hydrogens (tertiary/aromatic N) is 2. The van der Waals surface area contributed by atoms with Gasteiger partial charge in [-0.2, -0.15) is 0 Å². The highest BCUT2D eigenvalue weighted by Crippen LogP contribution is 2.11. The Labute approximate surface area is 120 Å². The molecule has 0 unspecified atom stereocenters. The van der Waals surface area contributed by atoms with Gasteiger partial charge in [-0.25, -0.2) is 0 Å². The van der Waals surface area contributed by atoms with Crippen LogP contribution in [0.5, 0.6) is 0 Å². The zero-order valence-electron chi connectivity index (χ0n) is 11.7. The minimum absolute atomic E-state index is 0.0520. The van der Waals surface area contributed by atoms with Gasteiger partial charge in [0, 0.05) is 17.8 Å². The lowest BCUT2D eigenvalue weighted by Gasteiger charge is -2.07. The standard InChI is InChI=1S/C15H14N2O4/c1-10-3-4-12(7-11(10)2)15(19)9-16-6-5-14(18)13(8-16)17(20)21/h3-8H,9H2,1-2H3. The molecule has 1 heterocycles. The first-order valence-electron chi connectivity index (χ1n) is 6.33. The van der Waals surface area contributed by atoms with Crippen molar-refractivity contribution in [1.29, 1.82) is 0 Å². The Morgan fingerprint density at radius 3 is 2.57 bits per heavy atom. The number of Topliss-reactive ketones (excluding diaryl/α,β-unsaturated/α-hetero) is 1. The second-order valence-electron chi connectivity index (χ2n) is 4.85. The van der Waals surface area contributed by atoms with Crippen molar-refractivity contribution in [2.24, 2.45) is 0 Å². The van der Waals surface area contributed by atoms with Crippen LogP contribution >= 0.6 is 0 Å². The number of carbonyl (C=O) groups excluding carboxylic acids is 1. The Kier molecular flexibility index (Phi) is 3.98. The Morgan fingerprint density at radius 1 is 1.24 bits per heavy atom. The summed E-state index contributed by atoms with van der Waals surface area (Å²) in [6.45, 7) is 3.81. The number of rotatable bonds is 4. The zero-order valence-corrected chi connectivity index (χ0v) is 11.7. The molecule has 0 N–H and O–H groups in total. The molecule has 0 aliphatic carbocycles. The number of ketones is 1. The fourth-order valence-electron chi connectivity index (χ4n) is 1.92. The first-order valence-corrected chi connectivity index (χ1v) is 6.33. The number of carbonyl (C=O) groups is 1. The van der Waals surface area contributed by atoms with E-state index in [4.69, 9.17) is 0 Å². The van der Waals surface area contributed by atoms with E-state index in [0.29, 0.717) is 5.56 Å². The van der Waals surface area contributed by atoms with Crippen molar-refractivity contribution >= 4 is 11.5 Å². The molecule has 21 heavy (non-hydrogen) atoms. The molecular weight excluding hydrogens is 272 g/mol. The number of aromatic nitrogens is 1. The molecule has 2 rings (SSSR count). The Hall–Kier alpha value is -2.76. The van der Waals surface area contributed by atoms with Crippen LogP contribution in [0.2, 0.25) is 0 Å². The minimum atomic E-state index is -0.751. The highest BCUT2D eigenvalue weighted by molar-refractivity contribution is 5.96. The summed E-state index contributed by atoms with van der Waals surface area (Å²) >= 11 is 0. The Bertz CT molecular complexity index is 777. The maximum atomic E-state index is 12.2. The summed E-state index contributed by atoms with van der Waals surface area (Å²) in [7, 11) is 0. The van der Waals surface area contributed by atoms with Crippen LogP contribution in [-0.4, -0.2) is 15.3 Å². The molecular formula is C15H14N2O4. The molecule has 6 nitrogen and oxygen atoms in total. The summed E-state index contributed by atoms with van der Waals surface area (Å²) in [4.78, 5) is 33.5. The number of pyridine rings is 1. The van der Waals surface area contributed by atoms with Gasteiger partial charge in [0.1, 0.15) is 0 Å². The summed E-state index contributed by atoms with van der Waals surface area (Å²) in [5.41, 5.74) is 1.43. The van der Waals surface area contributed by atoms with E-state index < -0.39 is 16.0 Å². The molecule has 0 bridgehead atoms. The molecule has 1 aromatic carbocycles. The van der Waals surface area contributed by atoms with Gasteiger partial charge < -0.3 is 4.57 Å². The summed E-state index contributed by atoms with van der Waals surface area (Å²) < 4.78 is 1.34. The molecule has 0 saturated heterocycles. The minimum Gasteiger partial charge on any atom is -0.340 e. The second kappa shape index (κ2) is 5.70. The van der Waals surface area contributed by atoms with Gasteiger partial charge in [0.15, 0.2) is 5.78 Å². The van der Waals surface area contributed by atoms with Crippen LogP contribution in [0.15, 0.2) is 41.5 Å². The predicted molar refractivity (Wildman–Crippen MR) is 77.6 cm³/mol. The molecule has 1 aromatic heterocycles. The second-order valence-corrected chi connectivity index (χ2v) is 4.85. The van der Waals surface area contributed by atoms with Gasteiger partial charge >= 0.3 is 5.69 Å². The van der Waals surface area contributed by atoms with Crippen molar-refractivity contribution in [3.8, 4) is 0 Å². The topological polar surface area (TPSA) is 82.2 Å². The molecule has 0 spiro atoms. The molecule has 0 saturated carbocycles. The normalized spacial score (nSPS) is 10.4. The molecule has 6 heteroatoms. The number of aryl methyl sites for hydroxylation is 2. The van der Waals surface area contributed by atoms with Gasteiger partial charge in [-0.15, -0.1) is 0 Å². The smallest absolute Gasteiger partial charge is 0.332 e. The fourth-order valence-corrected chi connectivity index (χ4v) is 1.92. The first kappa shape index (κ1) is 14.6. The fraction of sp³-hybridized carbons (Fsp3) is 0.200. The summed E-state index contributed by atoms with van der Waals surface area (Å²) in [6, 6.07) is 6.46. The van der Waals surface area contributed by atoms with Crippen molar-refractivity contribution in [2.45, 2.75) is 20.4 Å². The van der Waals surface area contributed by atoms with Gasteiger partial charge in [0.05, 0.1) is 17.7 Å². The molecule has 0 atom stereocenters. The highest BCUT2D eigenvalue weighted by atomic mass is 16.6. The monoisotopic (exact) mass is 286 g/mol. The average molecular weight is 286 g/mol. The first-order chi connectivity index (χ1) is 9.88. The van der Waals surface area contributed by atoms with Gasteiger partial charge in [0.2, 0.25) is 0 Å². The van der Waals surface area contributed by atoms with Crippen molar-refractivity contribution < 1.29 is 9.72 Å². The Morgan fingerprint density at radius 2 is 1.95 bits per heavy atom. The van der Waals surface area contributed by atoms with Crippen molar-refractivity contribution in [3.63, 3.8) is 0 Å². The lowest BCUT2D eigenvalue weighted by atomic mass is 10.0. The lowest BCUT2D eigenvalue weighted by Crippen LogP contribution is -2.15. The van der Waals surface area contributed by atoms with E-state index >= 15 is 0 Å². The maximum absolute atomic E-state index is 12.2. The molecule has 0 aliphatic heterocycles. The van der Waals surface area contributed by atoms with E-state index in [0.717, 1.165) is 23.4 Å². The van der Waals surface area contributed by atoms with Gasteiger partial charge in [-0.1, -0.05) is 12.1 Å². The zero-order chi connectivity index (χ0) is 15.6. The van der Waals surface area contributed by atoms with Crippen molar-refractivity contribution in [3.05, 3.63) is 73.7 Å². The lowest BCUT2D eigenvalue weighted by molar-refractivity contribution is -0.386. The summed E-state index contributed by atoms with van der Waals surface area (Å²) in [6.07, 6.45) is 2.45. The van der Waals surface area contributed by atoms with Gasteiger partial charge in [-0.3, -0.25) is 19.7 Å². The van der Waals surface area contributed by atoms with Crippen molar-refractivity contribution in [2.75, 3.05) is 0 Å². The van der Waals surface area contributed by atoms with Crippen LogP contribution in [0.3, 0.4) is 0 Å². The number of hydrogen-bond acceptors (Lipinski definition) is 4. The van der Waals surface area contributed by atoms with Crippen molar-refractivity contribution in [1.82, 2.24) is 4.57 Å². The average Bonchev–Trinajstić information content (AvgIpc) is 2.43. The van der Waals surface area contributed by atoms with Crippen LogP contribution in [0, 0.1) is 24.0 Å². The van der Waals surface area contributed by atoms with Crippen LogP contribution < -0.4 is 5.43 Å². The Balaban J connectivity index is 2.27. The van der Waals surface area contributed by atoms with Gasteiger partial charge in [-0.05, 0) is 31.0 Å². The molecule has 108 valence electrons. The van der Waals surface area contributed by atoms with E-state index in [-0.39, 0.29) is 12.3 Å². The van der Waals surface area contributed by atoms with E-state index in [9.17, 15) is 19.7 Å². The van der Waals surface area contributed by atoms with Crippen LogP contribution in [-0.2, 0) is 6.54 Å².